The number of anilines is 2. The molecular formula is C48H52F6N10O4S2. The Morgan fingerprint density at radius 1 is 0.743 bits per heavy atom. The lowest BCUT2D eigenvalue weighted by Gasteiger charge is -2.48. The first-order valence-electron chi connectivity index (χ1n) is 23.4. The molecule has 1 atom stereocenters. The number of carbonyl (C=O) groups excluding carboxylic acids is 2. The van der Waals surface area contributed by atoms with E-state index >= 15 is 0 Å². The van der Waals surface area contributed by atoms with Gasteiger partial charge in [0.25, 0.3) is 0 Å². The molecule has 3 aliphatic heterocycles. The van der Waals surface area contributed by atoms with Gasteiger partial charge in [0.15, 0.2) is 0 Å². The van der Waals surface area contributed by atoms with Crippen molar-refractivity contribution in [3.63, 3.8) is 0 Å². The van der Waals surface area contributed by atoms with Gasteiger partial charge in [0.1, 0.15) is 28.7 Å². The molecule has 6 N–H and O–H groups in total. The molecule has 372 valence electrons. The van der Waals surface area contributed by atoms with E-state index in [1.54, 1.807) is 35.7 Å². The van der Waals surface area contributed by atoms with Crippen LogP contribution in [0.15, 0.2) is 95.2 Å². The molecule has 6 aliphatic rings. The number of hydrogen-bond donors (Lipinski definition) is 6. The summed E-state index contributed by atoms with van der Waals surface area (Å²) in [5.74, 6) is -1.27. The molecule has 22 heteroatoms. The van der Waals surface area contributed by atoms with Gasteiger partial charge in [-0.25, -0.2) is 4.98 Å². The van der Waals surface area contributed by atoms with Gasteiger partial charge in [-0.05, 0) is 81.0 Å². The average Bonchev–Trinajstić information content (AvgIpc) is 4.07. The Balaban J connectivity index is 0.818. The van der Waals surface area contributed by atoms with Crippen LogP contribution in [-0.2, 0) is 27.0 Å². The molecule has 70 heavy (non-hydrogen) atoms. The Morgan fingerprint density at radius 2 is 1.30 bits per heavy atom. The van der Waals surface area contributed by atoms with Crippen molar-refractivity contribution in [3.05, 3.63) is 110 Å². The summed E-state index contributed by atoms with van der Waals surface area (Å²) in [6.07, 6.45) is 6.29. The van der Waals surface area contributed by atoms with Crippen LogP contribution in [0.3, 0.4) is 0 Å². The van der Waals surface area contributed by atoms with E-state index < -0.39 is 52.4 Å². The lowest BCUT2D eigenvalue weighted by atomic mass is 9.80. The first kappa shape index (κ1) is 48.2. The zero-order valence-corrected chi connectivity index (χ0v) is 39.4. The lowest BCUT2D eigenvalue weighted by molar-refractivity contribution is -0.137. The van der Waals surface area contributed by atoms with Crippen LogP contribution in [0.2, 0.25) is 0 Å². The minimum Gasteiger partial charge on any atom is -0.384 e. The maximum absolute atomic E-state index is 14.2. The number of allylic oxidation sites excluding steroid dienone is 6. The third-order valence-electron chi connectivity index (χ3n) is 14.6. The highest BCUT2D eigenvalue weighted by Crippen LogP contribution is 2.44. The fraction of sp³-hybridized carbons (Fsp3) is 0.479. The van der Waals surface area contributed by atoms with E-state index in [0.717, 1.165) is 59.7 Å². The molecule has 14 nitrogen and oxygen atoms in total. The largest absolute Gasteiger partial charge is 0.416 e. The number of aromatic nitrogens is 3. The van der Waals surface area contributed by atoms with Crippen LogP contribution in [0.25, 0.3) is 10.8 Å². The van der Waals surface area contributed by atoms with Crippen LogP contribution in [0.5, 0.6) is 0 Å². The molecule has 2 saturated carbocycles. The number of alkyl halides is 6. The Labute approximate surface area is 407 Å². The molecule has 1 unspecified atom stereocenters. The molecule has 1 aromatic carbocycles. The molecule has 2 saturated heterocycles. The van der Waals surface area contributed by atoms with Gasteiger partial charge in [0.2, 0.25) is 11.8 Å². The third kappa shape index (κ3) is 10.1. The van der Waals surface area contributed by atoms with Crippen molar-refractivity contribution >= 4 is 56.9 Å². The highest BCUT2D eigenvalue weighted by atomic mass is 32.1. The summed E-state index contributed by atoms with van der Waals surface area (Å²) in [6, 6.07) is 4.81. The van der Waals surface area contributed by atoms with Gasteiger partial charge in [-0.3, -0.25) is 34.3 Å². The zero-order valence-electron chi connectivity index (χ0n) is 37.8. The number of thiazole rings is 2. The van der Waals surface area contributed by atoms with Gasteiger partial charge in [-0.1, -0.05) is 24.3 Å². The Morgan fingerprint density at radius 3 is 1.81 bits per heavy atom. The maximum Gasteiger partial charge on any atom is 0.416 e. The fourth-order valence-electron chi connectivity index (χ4n) is 10.6. The summed E-state index contributed by atoms with van der Waals surface area (Å²) in [7, 11) is 0. The second-order valence-corrected chi connectivity index (χ2v) is 20.9. The van der Waals surface area contributed by atoms with Crippen molar-refractivity contribution in [1.29, 1.82) is 0 Å². The van der Waals surface area contributed by atoms with E-state index in [2.05, 4.69) is 41.0 Å². The molecule has 10 rings (SSSR count). The molecule has 3 aliphatic carbocycles. The topological polar surface area (TPSA) is 171 Å². The minimum atomic E-state index is -4.69. The standard InChI is InChI=1S/C48H52F6N10O4S2/c49-47(50,51)30-4-2-29-15-40(61-43(36(29)16-30)57-20-41(65)59-32-22-62(23-32)34-5-10-45(67,11-6-34)38-18-55-26-69-38)64-14-9-28-1-3-31(48(52,53)54)17-37(28)44(64)58-21-42(66)60-33-24-63(25-33)35-7-12-46(68,13-8-35)39-19-56-27-70-39/h1-4,9,14-19,26-28,32-35,58,67-68H,5-8,10-13,20-25H2,(H,57,61)(H,59,65)(H,60,66). The average molecular weight is 1010 g/mol. The number of carbonyl (C=O) groups is 2. The first-order chi connectivity index (χ1) is 33.4. The number of nitrogens with one attached hydrogen (secondary N) is 4. The van der Waals surface area contributed by atoms with E-state index in [9.17, 15) is 46.1 Å². The third-order valence-corrected chi connectivity index (χ3v) is 16.5. The van der Waals surface area contributed by atoms with Crippen molar-refractivity contribution in [3.8, 4) is 0 Å². The van der Waals surface area contributed by atoms with Crippen molar-refractivity contribution in [2.75, 3.05) is 49.5 Å². The van der Waals surface area contributed by atoms with Crippen LogP contribution in [-0.4, -0.2) is 116 Å². The summed E-state index contributed by atoms with van der Waals surface area (Å²) < 4.78 is 84.7. The van der Waals surface area contributed by atoms with E-state index in [4.69, 9.17) is 4.98 Å². The monoisotopic (exact) mass is 1010 g/mol. The van der Waals surface area contributed by atoms with Crippen LogP contribution in [0, 0.1) is 5.92 Å². The van der Waals surface area contributed by atoms with E-state index in [-0.39, 0.29) is 65.7 Å². The van der Waals surface area contributed by atoms with E-state index in [1.807, 2.05) is 0 Å². The molecule has 6 heterocycles. The predicted octanol–water partition coefficient (Wildman–Crippen LogP) is 6.65. The van der Waals surface area contributed by atoms with Gasteiger partial charge in [-0.2, -0.15) is 26.3 Å². The summed E-state index contributed by atoms with van der Waals surface area (Å²) in [6.45, 7) is 1.75. The summed E-state index contributed by atoms with van der Waals surface area (Å²) in [5.41, 5.74) is 0.00214. The number of likely N-dealkylation sites (tertiary alicyclic amines) is 2. The smallest absolute Gasteiger partial charge is 0.384 e. The molecule has 0 bridgehead atoms. The lowest BCUT2D eigenvalue weighted by Crippen LogP contribution is -2.63. The van der Waals surface area contributed by atoms with Crippen LogP contribution < -0.4 is 26.2 Å². The van der Waals surface area contributed by atoms with Gasteiger partial charge in [-0.15, -0.1) is 22.7 Å². The maximum atomic E-state index is 14.2. The fourth-order valence-corrected chi connectivity index (χ4v) is 12.2. The number of aliphatic hydroxyl groups is 2. The summed E-state index contributed by atoms with van der Waals surface area (Å²) >= 11 is 2.88. The first-order valence-corrected chi connectivity index (χ1v) is 25.1. The SMILES string of the molecule is O=C(CNC1=C2C=C(C(F)(F)F)C=CC2C=CN1c1cc2ccc(C(F)(F)F)cc2c(NCC(=O)NC2CN(C3CCC(O)(c4cncs4)CC3)C2)n1)NC1CN(C2CCC(O)(c3cncs3)CC2)C1. The van der Waals surface area contributed by atoms with Gasteiger partial charge in [0.05, 0.1) is 57.1 Å². The number of nitrogens with zero attached hydrogens (tertiary/aromatic N) is 6. The molecule has 0 radical (unpaired) electrons. The van der Waals surface area contributed by atoms with Crippen molar-refractivity contribution in [1.82, 2.24) is 40.7 Å². The Bertz CT molecular complexity index is 2700. The van der Waals surface area contributed by atoms with Gasteiger partial charge >= 0.3 is 12.4 Å². The van der Waals surface area contributed by atoms with Crippen LogP contribution >= 0.6 is 22.7 Å². The van der Waals surface area contributed by atoms with Crippen molar-refractivity contribution in [2.45, 2.75) is 99.1 Å². The normalized spacial score (nSPS) is 26.9. The molecule has 3 aromatic heterocycles. The molecular weight excluding hydrogens is 959 g/mol. The van der Waals surface area contributed by atoms with E-state index in [0.29, 0.717) is 57.2 Å². The van der Waals surface area contributed by atoms with Crippen molar-refractivity contribution < 1.29 is 46.1 Å². The van der Waals surface area contributed by atoms with Crippen LogP contribution in [0.1, 0.15) is 66.7 Å². The number of amides is 2. The van der Waals surface area contributed by atoms with Gasteiger partial charge < -0.3 is 31.5 Å². The molecule has 4 fully saturated rings. The molecule has 4 aromatic rings. The number of pyridine rings is 1. The predicted molar refractivity (Wildman–Crippen MR) is 252 cm³/mol. The number of benzene rings is 1. The minimum absolute atomic E-state index is 0.0620. The van der Waals surface area contributed by atoms with Crippen LogP contribution in [0.4, 0.5) is 38.0 Å². The number of hydrogen-bond acceptors (Lipinski definition) is 14. The second-order valence-electron chi connectivity index (χ2n) is 19.2. The highest BCUT2D eigenvalue weighted by Gasteiger charge is 2.43. The second kappa shape index (κ2) is 19.0. The molecule has 2 amide bonds. The number of halogens is 6. The Hall–Kier alpha value is -5.39. The highest BCUT2D eigenvalue weighted by molar-refractivity contribution is 7.10. The van der Waals surface area contributed by atoms with Gasteiger partial charge in [0, 0.05) is 73.7 Å². The zero-order chi connectivity index (χ0) is 49.0. The van der Waals surface area contributed by atoms with E-state index in [1.165, 1.54) is 45.8 Å². The Kier molecular flexibility index (Phi) is 13.1. The molecule has 0 spiro atoms. The summed E-state index contributed by atoms with van der Waals surface area (Å²) in [4.78, 5) is 47.5. The summed E-state index contributed by atoms with van der Waals surface area (Å²) in [5, 5.41) is 34.7. The number of rotatable bonds is 13. The van der Waals surface area contributed by atoms with Crippen molar-refractivity contribution in [2.24, 2.45) is 5.92 Å². The number of fused-ring (bicyclic) bond motifs is 2. The quantitative estimate of drug-likeness (QED) is 0.0790.